The highest BCUT2D eigenvalue weighted by Crippen LogP contribution is 2.40. The van der Waals surface area contributed by atoms with Crippen LogP contribution in [0, 0.1) is 11.8 Å². The molecule has 2 saturated carbocycles. The summed E-state index contributed by atoms with van der Waals surface area (Å²) in [7, 11) is 0. The normalized spacial score (nSPS) is 35.0. The number of halogens is 2. The minimum absolute atomic E-state index is 0.0355. The van der Waals surface area contributed by atoms with Crippen molar-refractivity contribution in [1.29, 1.82) is 0 Å². The van der Waals surface area contributed by atoms with E-state index in [1.54, 1.807) is 0 Å². The van der Waals surface area contributed by atoms with Gasteiger partial charge in [0.1, 0.15) is 0 Å². The summed E-state index contributed by atoms with van der Waals surface area (Å²) in [5.74, 6) is -2.68. The van der Waals surface area contributed by atoms with Crippen LogP contribution in [0.2, 0.25) is 0 Å². The molecule has 3 rings (SSSR count). The van der Waals surface area contributed by atoms with Gasteiger partial charge >= 0.3 is 0 Å². The van der Waals surface area contributed by atoms with Gasteiger partial charge in [0, 0.05) is 51.0 Å². The molecule has 114 valence electrons. The molecule has 1 heterocycles. The predicted molar refractivity (Wildman–Crippen MR) is 72.6 cm³/mol. The number of hydrogen-bond donors (Lipinski definition) is 0. The number of carbonyl (C=O) groups excluding carboxylic acids is 1. The van der Waals surface area contributed by atoms with Gasteiger partial charge < -0.3 is 4.90 Å². The average Bonchev–Trinajstić information content (AvgIpc) is 3.16. The zero-order valence-corrected chi connectivity index (χ0v) is 12.2. The van der Waals surface area contributed by atoms with Crippen molar-refractivity contribution in [3.05, 3.63) is 0 Å². The van der Waals surface area contributed by atoms with Crippen LogP contribution in [-0.4, -0.2) is 53.9 Å². The quantitative estimate of drug-likeness (QED) is 0.778. The first-order chi connectivity index (χ1) is 9.44. The summed E-state index contributed by atoms with van der Waals surface area (Å²) in [6.07, 6.45) is 2.53. The Labute approximate surface area is 119 Å². The second kappa shape index (κ2) is 5.24. The predicted octanol–water partition coefficient (Wildman–Crippen LogP) is 2.36. The van der Waals surface area contributed by atoms with E-state index in [0.717, 1.165) is 19.6 Å². The Bertz CT molecular complexity index is 384. The van der Waals surface area contributed by atoms with E-state index < -0.39 is 11.8 Å². The third-order valence-electron chi connectivity index (χ3n) is 4.86. The van der Waals surface area contributed by atoms with Crippen LogP contribution < -0.4 is 0 Å². The van der Waals surface area contributed by atoms with Crippen LogP contribution in [0.5, 0.6) is 0 Å². The van der Waals surface area contributed by atoms with Crippen molar-refractivity contribution in [3.8, 4) is 0 Å². The van der Waals surface area contributed by atoms with Crippen molar-refractivity contribution in [2.75, 3.05) is 26.2 Å². The molecule has 3 aliphatic rings. The van der Waals surface area contributed by atoms with E-state index in [0.29, 0.717) is 24.9 Å². The lowest BCUT2D eigenvalue weighted by molar-refractivity contribution is -0.136. The molecule has 0 bridgehead atoms. The first-order valence-corrected chi connectivity index (χ1v) is 7.85. The zero-order valence-electron chi connectivity index (χ0n) is 12.2. The zero-order chi connectivity index (χ0) is 14.3. The Balaban J connectivity index is 1.60. The van der Waals surface area contributed by atoms with Crippen molar-refractivity contribution < 1.29 is 13.6 Å². The monoisotopic (exact) mass is 286 g/mol. The van der Waals surface area contributed by atoms with Crippen LogP contribution in [0.1, 0.15) is 39.0 Å². The van der Waals surface area contributed by atoms with Crippen molar-refractivity contribution >= 4 is 5.91 Å². The highest BCUT2D eigenvalue weighted by molar-refractivity contribution is 5.79. The van der Waals surface area contributed by atoms with E-state index in [1.165, 1.54) is 12.8 Å². The van der Waals surface area contributed by atoms with Gasteiger partial charge in [-0.2, -0.15) is 0 Å². The lowest BCUT2D eigenvalue weighted by Gasteiger charge is -2.25. The summed E-state index contributed by atoms with van der Waals surface area (Å²) in [5.41, 5.74) is 0. The fraction of sp³-hybridized carbons (Fsp3) is 0.933. The topological polar surface area (TPSA) is 23.6 Å². The fourth-order valence-electron chi connectivity index (χ4n) is 3.66. The Hall–Kier alpha value is -0.710. The number of rotatable bonds is 2. The molecule has 2 atom stereocenters. The van der Waals surface area contributed by atoms with Crippen molar-refractivity contribution in [3.63, 3.8) is 0 Å². The maximum Gasteiger partial charge on any atom is 0.248 e. The molecule has 1 amide bonds. The molecule has 3 nitrogen and oxygen atoms in total. The second-order valence-electron chi connectivity index (χ2n) is 6.91. The Morgan fingerprint density at radius 1 is 1.15 bits per heavy atom. The highest BCUT2D eigenvalue weighted by atomic mass is 19.3. The summed E-state index contributed by atoms with van der Waals surface area (Å²) >= 11 is 0. The minimum Gasteiger partial charge on any atom is -0.341 e. The second-order valence-corrected chi connectivity index (χ2v) is 6.91. The smallest absolute Gasteiger partial charge is 0.248 e. The van der Waals surface area contributed by atoms with Crippen LogP contribution in [-0.2, 0) is 4.79 Å². The van der Waals surface area contributed by atoms with Gasteiger partial charge in [-0.05, 0) is 25.2 Å². The third kappa shape index (κ3) is 3.13. The molecule has 0 radical (unpaired) electrons. The number of alkyl halides is 2. The summed E-state index contributed by atoms with van der Waals surface area (Å²) < 4.78 is 26.6. The highest BCUT2D eigenvalue weighted by Gasteiger charge is 2.44. The Morgan fingerprint density at radius 2 is 1.90 bits per heavy atom. The van der Waals surface area contributed by atoms with E-state index in [1.807, 2.05) is 4.90 Å². The van der Waals surface area contributed by atoms with E-state index in [-0.39, 0.29) is 18.7 Å². The standard InChI is InChI=1S/C15H24F2N2O/c1-11-9-18(13-2-3-13)6-7-19(10-11)14(20)12-4-5-15(16,17)8-12/h11-13H,2-10H2,1H3. The summed E-state index contributed by atoms with van der Waals surface area (Å²) in [6.45, 7) is 5.54. The maximum atomic E-state index is 13.3. The molecule has 2 unspecified atom stereocenters. The molecule has 20 heavy (non-hydrogen) atoms. The van der Waals surface area contributed by atoms with Crippen LogP contribution in [0.15, 0.2) is 0 Å². The molecule has 3 fully saturated rings. The van der Waals surface area contributed by atoms with Crippen LogP contribution >= 0.6 is 0 Å². The van der Waals surface area contributed by atoms with Crippen LogP contribution in [0.25, 0.3) is 0 Å². The van der Waals surface area contributed by atoms with Crippen molar-refractivity contribution in [2.24, 2.45) is 11.8 Å². The van der Waals surface area contributed by atoms with E-state index in [2.05, 4.69) is 11.8 Å². The van der Waals surface area contributed by atoms with Gasteiger partial charge in [0.2, 0.25) is 11.8 Å². The van der Waals surface area contributed by atoms with Gasteiger partial charge in [0.25, 0.3) is 0 Å². The lowest BCUT2D eigenvalue weighted by Crippen LogP contribution is -2.39. The molecule has 0 aromatic heterocycles. The van der Waals surface area contributed by atoms with Crippen LogP contribution in [0.4, 0.5) is 8.78 Å². The molecular weight excluding hydrogens is 262 g/mol. The van der Waals surface area contributed by atoms with Gasteiger partial charge in [-0.25, -0.2) is 8.78 Å². The Kier molecular flexibility index (Phi) is 3.73. The number of nitrogens with zero attached hydrogens (tertiary/aromatic N) is 2. The van der Waals surface area contributed by atoms with Gasteiger partial charge in [-0.15, -0.1) is 0 Å². The van der Waals surface area contributed by atoms with Gasteiger partial charge in [0.15, 0.2) is 0 Å². The first-order valence-electron chi connectivity index (χ1n) is 7.85. The van der Waals surface area contributed by atoms with Gasteiger partial charge in [0.05, 0.1) is 0 Å². The summed E-state index contributed by atoms with van der Waals surface area (Å²) in [4.78, 5) is 16.8. The fourth-order valence-corrected chi connectivity index (χ4v) is 3.66. The number of hydrogen-bond acceptors (Lipinski definition) is 2. The molecule has 5 heteroatoms. The third-order valence-corrected chi connectivity index (χ3v) is 4.86. The summed E-state index contributed by atoms with van der Waals surface area (Å²) in [5, 5.41) is 0. The molecule has 2 aliphatic carbocycles. The molecule has 0 N–H and O–H groups in total. The first kappa shape index (κ1) is 14.2. The average molecular weight is 286 g/mol. The molecular formula is C15H24F2N2O. The minimum atomic E-state index is -2.63. The van der Waals surface area contributed by atoms with E-state index in [4.69, 9.17) is 0 Å². The summed E-state index contributed by atoms with van der Waals surface area (Å²) in [6, 6.07) is 0.711. The van der Waals surface area contributed by atoms with Gasteiger partial charge in [-0.1, -0.05) is 6.92 Å². The van der Waals surface area contributed by atoms with E-state index >= 15 is 0 Å². The number of carbonyl (C=O) groups is 1. The number of amides is 1. The van der Waals surface area contributed by atoms with E-state index in [9.17, 15) is 13.6 Å². The molecule has 0 spiro atoms. The Morgan fingerprint density at radius 3 is 2.50 bits per heavy atom. The van der Waals surface area contributed by atoms with Crippen molar-refractivity contribution in [1.82, 2.24) is 9.80 Å². The molecule has 1 aliphatic heterocycles. The van der Waals surface area contributed by atoms with Gasteiger partial charge in [-0.3, -0.25) is 9.69 Å². The lowest BCUT2D eigenvalue weighted by atomic mass is 10.1. The van der Waals surface area contributed by atoms with Crippen molar-refractivity contribution in [2.45, 2.75) is 51.0 Å². The molecule has 1 saturated heterocycles. The molecule has 0 aromatic rings. The molecule has 0 aromatic carbocycles. The largest absolute Gasteiger partial charge is 0.341 e. The maximum absolute atomic E-state index is 13.3. The SMILES string of the molecule is CC1CN(C(=O)C2CCC(F)(F)C2)CCN(C2CC2)C1. The van der Waals surface area contributed by atoms with Crippen LogP contribution in [0.3, 0.4) is 0 Å².